The van der Waals surface area contributed by atoms with Crippen LogP contribution in [0.4, 0.5) is 0 Å². The zero-order chi connectivity index (χ0) is 12.5. The van der Waals surface area contributed by atoms with Crippen molar-refractivity contribution in [2.75, 3.05) is 0 Å². The summed E-state index contributed by atoms with van der Waals surface area (Å²) in [6, 6.07) is 18.0. The third-order valence-electron chi connectivity index (χ3n) is 2.06. The molecule has 0 aliphatic carbocycles. The third-order valence-corrected chi connectivity index (χ3v) is 2.59. The minimum Gasteiger partial charge on any atom is -0.489 e. The maximum absolute atomic E-state index is 8.00. The largest absolute Gasteiger partial charge is 0.489 e. The number of benzene rings is 2. The van der Waals surface area contributed by atoms with Gasteiger partial charge in [0, 0.05) is 4.47 Å². The fraction of sp³-hybridized carbons (Fsp3) is 0.0714. The molecule has 17 heavy (non-hydrogen) atoms. The number of rotatable bonds is 3. The minimum atomic E-state index is 0.614. The van der Waals surface area contributed by atoms with Crippen molar-refractivity contribution in [2.24, 2.45) is 0 Å². The van der Waals surface area contributed by atoms with Crippen LogP contribution in [0.25, 0.3) is 0 Å². The fourth-order valence-corrected chi connectivity index (χ4v) is 1.54. The monoisotopic (exact) mass is 292 g/mol. The summed E-state index contributed by atoms with van der Waals surface area (Å²) in [6.45, 7) is 2.61. The van der Waals surface area contributed by atoms with Gasteiger partial charge < -0.3 is 9.53 Å². The number of halogens is 1. The van der Waals surface area contributed by atoms with Crippen molar-refractivity contribution in [3.8, 4) is 5.75 Å². The second-order valence-corrected chi connectivity index (χ2v) is 4.14. The lowest BCUT2D eigenvalue weighted by atomic mass is 10.2. The first-order valence-corrected chi connectivity index (χ1v) is 5.85. The van der Waals surface area contributed by atoms with Gasteiger partial charge in [-0.2, -0.15) is 0 Å². The molecule has 0 heterocycles. The first kappa shape index (κ1) is 13.5. The molecule has 0 atom stereocenters. The van der Waals surface area contributed by atoms with Crippen LogP contribution in [0.5, 0.6) is 5.75 Å². The first-order valence-electron chi connectivity index (χ1n) is 5.06. The van der Waals surface area contributed by atoms with Crippen molar-refractivity contribution in [3.63, 3.8) is 0 Å². The van der Waals surface area contributed by atoms with Gasteiger partial charge >= 0.3 is 0 Å². The first-order chi connectivity index (χ1) is 8.34. The molecule has 3 heteroatoms. The van der Waals surface area contributed by atoms with Gasteiger partial charge in [-0.05, 0) is 29.8 Å². The maximum Gasteiger partial charge on any atom is 0.119 e. The molecule has 0 unspecified atom stereocenters. The molecule has 2 rings (SSSR count). The van der Waals surface area contributed by atoms with Crippen LogP contribution in [0.2, 0.25) is 0 Å². The van der Waals surface area contributed by atoms with Gasteiger partial charge in [-0.3, -0.25) is 0 Å². The third kappa shape index (κ3) is 4.83. The number of hydrogen-bond donors (Lipinski definition) is 0. The standard InChI is InChI=1S/C13H11BrO.CH2O/c14-12-6-8-13(9-7-12)15-10-11-4-2-1-3-5-11;1-2/h1-9H,10H2;1H2. The van der Waals surface area contributed by atoms with E-state index in [2.05, 4.69) is 28.1 Å². The Hall–Kier alpha value is -1.61. The van der Waals surface area contributed by atoms with Crippen molar-refractivity contribution in [1.82, 2.24) is 0 Å². The number of carbonyl (C=O) groups is 1. The van der Waals surface area contributed by atoms with Crippen LogP contribution in [-0.2, 0) is 11.4 Å². The Morgan fingerprint density at radius 3 is 2.12 bits per heavy atom. The highest BCUT2D eigenvalue weighted by Gasteiger charge is 1.94. The summed E-state index contributed by atoms with van der Waals surface area (Å²) in [5.74, 6) is 0.891. The number of carbonyl (C=O) groups excluding carboxylic acids is 1. The summed E-state index contributed by atoms with van der Waals surface area (Å²) in [4.78, 5) is 8.00. The van der Waals surface area contributed by atoms with E-state index in [1.807, 2.05) is 49.3 Å². The molecule has 0 saturated carbocycles. The lowest BCUT2D eigenvalue weighted by molar-refractivity contribution is -0.0979. The van der Waals surface area contributed by atoms with E-state index < -0.39 is 0 Å². The van der Waals surface area contributed by atoms with Crippen LogP contribution in [-0.4, -0.2) is 6.79 Å². The van der Waals surface area contributed by atoms with E-state index in [0.29, 0.717) is 6.61 Å². The van der Waals surface area contributed by atoms with Crippen LogP contribution in [0, 0.1) is 0 Å². The summed E-state index contributed by atoms with van der Waals surface area (Å²) in [6.07, 6.45) is 0. The molecular formula is C14H13BrO2. The van der Waals surface area contributed by atoms with Gasteiger partial charge in [-0.15, -0.1) is 0 Å². The van der Waals surface area contributed by atoms with Crippen LogP contribution in [0.3, 0.4) is 0 Å². The lowest BCUT2D eigenvalue weighted by Gasteiger charge is -2.05. The van der Waals surface area contributed by atoms with Crippen molar-refractivity contribution in [3.05, 3.63) is 64.6 Å². The van der Waals surface area contributed by atoms with Gasteiger partial charge in [0.15, 0.2) is 0 Å². The second-order valence-electron chi connectivity index (χ2n) is 3.23. The molecule has 0 amide bonds. The Labute approximate surface area is 109 Å². The highest BCUT2D eigenvalue weighted by Crippen LogP contribution is 2.17. The van der Waals surface area contributed by atoms with Gasteiger partial charge in [-0.25, -0.2) is 0 Å². The van der Waals surface area contributed by atoms with E-state index in [1.54, 1.807) is 0 Å². The Kier molecular flexibility index (Phi) is 6.04. The second kappa shape index (κ2) is 7.63. The van der Waals surface area contributed by atoms with Crippen LogP contribution in [0.15, 0.2) is 59.1 Å². The SMILES string of the molecule is Brc1ccc(OCc2ccccc2)cc1.C=O. The van der Waals surface area contributed by atoms with Crippen molar-refractivity contribution < 1.29 is 9.53 Å². The average Bonchev–Trinajstić information content (AvgIpc) is 2.42. The molecule has 2 nitrogen and oxygen atoms in total. The molecule has 0 saturated heterocycles. The van der Waals surface area contributed by atoms with Gasteiger partial charge in [0.2, 0.25) is 0 Å². The summed E-state index contributed by atoms with van der Waals surface area (Å²) >= 11 is 3.39. The fourth-order valence-electron chi connectivity index (χ4n) is 1.27. The highest BCUT2D eigenvalue weighted by molar-refractivity contribution is 9.10. The molecule has 2 aromatic carbocycles. The van der Waals surface area contributed by atoms with Crippen molar-refractivity contribution >= 4 is 22.7 Å². The van der Waals surface area contributed by atoms with Crippen LogP contribution >= 0.6 is 15.9 Å². The summed E-state index contributed by atoms with van der Waals surface area (Å²) < 4.78 is 6.69. The zero-order valence-electron chi connectivity index (χ0n) is 9.30. The Balaban J connectivity index is 0.000000686. The molecule has 2 aromatic rings. The van der Waals surface area contributed by atoms with Crippen molar-refractivity contribution in [2.45, 2.75) is 6.61 Å². The minimum absolute atomic E-state index is 0.614. The highest BCUT2D eigenvalue weighted by atomic mass is 79.9. The predicted molar refractivity (Wildman–Crippen MR) is 72.0 cm³/mol. The van der Waals surface area contributed by atoms with E-state index >= 15 is 0 Å². The Morgan fingerprint density at radius 1 is 0.941 bits per heavy atom. The maximum atomic E-state index is 8.00. The predicted octanol–water partition coefficient (Wildman–Crippen LogP) is 3.84. The van der Waals surface area contributed by atoms with E-state index in [0.717, 1.165) is 10.2 Å². The Bertz CT molecular complexity index is 426. The molecule has 0 aliphatic rings. The molecule has 0 N–H and O–H groups in total. The molecule has 0 radical (unpaired) electrons. The van der Waals surface area contributed by atoms with E-state index in [-0.39, 0.29) is 0 Å². The topological polar surface area (TPSA) is 26.3 Å². The molecule has 0 spiro atoms. The number of ether oxygens (including phenoxy) is 1. The van der Waals surface area contributed by atoms with Crippen LogP contribution in [0.1, 0.15) is 5.56 Å². The van der Waals surface area contributed by atoms with Gasteiger partial charge in [0.1, 0.15) is 19.1 Å². The van der Waals surface area contributed by atoms with E-state index in [4.69, 9.17) is 9.53 Å². The van der Waals surface area contributed by atoms with E-state index in [1.165, 1.54) is 5.56 Å². The number of hydrogen-bond acceptors (Lipinski definition) is 2. The lowest BCUT2D eigenvalue weighted by Crippen LogP contribution is -1.94. The van der Waals surface area contributed by atoms with Gasteiger partial charge in [0.05, 0.1) is 0 Å². The Morgan fingerprint density at radius 2 is 1.53 bits per heavy atom. The molecule has 88 valence electrons. The van der Waals surface area contributed by atoms with Gasteiger partial charge in [0.25, 0.3) is 0 Å². The summed E-state index contributed by atoms with van der Waals surface area (Å²) in [5.41, 5.74) is 1.18. The average molecular weight is 293 g/mol. The quantitative estimate of drug-likeness (QED) is 0.859. The molecular weight excluding hydrogens is 280 g/mol. The smallest absolute Gasteiger partial charge is 0.119 e. The molecule has 0 aromatic heterocycles. The van der Waals surface area contributed by atoms with Crippen LogP contribution < -0.4 is 4.74 Å². The van der Waals surface area contributed by atoms with Crippen molar-refractivity contribution in [1.29, 1.82) is 0 Å². The normalized spacial score (nSPS) is 9.00. The van der Waals surface area contributed by atoms with Gasteiger partial charge in [-0.1, -0.05) is 46.3 Å². The zero-order valence-corrected chi connectivity index (χ0v) is 10.9. The molecule has 0 aliphatic heterocycles. The molecule has 0 fully saturated rings. The molecule has 0 bridgehead atoms. The summed E-state index contributed by atoms with van der Waals surface area (Å²) in [5, 5.41) is 0. The van der Waals surface area contributed by atoms with E-state index in [9.17, 15) is 0 Å². The summed E-state index contributed by atoms with van der Waals surface area (Å²) in [7, 11) is 0.